The molecule has 132 valence electrons. The summed E-state index contributed by atoms with van der Waals surface area (Å²) in [6, 6.07) is 9.39. The van der Waals surface area contributed by atoms with Crippen LogP contribution in [0.2, 0.25) is 0 Å². The molecule has 2 saturated heterocycles. The van der Waals surface area contributed by atoms with E-state index in [1.165, 1.54) is 0 Å². The van der Waals surface area contributed by atoms with Gasteiger partial charge in [0.05, 0.1) is 5.41 Å². The fraction of sp³-hybridized carbons (Fsp3) is 0.556. The number of carbonyl (C=O) groups is 2. The van der Waals surface area contributed by atoms with E-state index < -0.39 is 5.41 Å². The van der Waals surface area contributed by atoms with Crippen molar-refractivity contribution in [2.24, 2.45) is 11.1 Å². The molecule has 1 aromatic carbocycles. The monoisotopic (exact) mass is 351 g/mol. The predicted molar refractivity (Wildman–Crippen MR) is 96.1 cm³/mol. The fourth-order valence-corrected chi connectivity index (χ4v) is 3.70. The standard InChI is InChI=1S/C18H25N3O2.ClH/c1-18(17(23)20-11-8-15(19)12-20)9-5-10-21(13-18)16(22)14-6-3-2-4-7-14;/h2-4,6-7,15H,5,8-13,19H2,1H3;1H/t15-,18?;/m1./s1. The van der Waals surface area contributed by atoms with Gasteiger partial charge in [-0.15, -0.1) is 12.4 Å². The van der Waals surface area contributed by atoms with Crippen molar-refractivity contribution in [1.82, 2.24) is 9.80 Å². The Kier molecular flexibility index (Phi) is 5.88. The van der Waals surface area contributed by atoms with Gasteiger partial charge in [-0.1, -0.05) is 18.2 Å². The lowest BCUT2D eigenvalue weighted by atomic mass is 9.80. The topological polar surface area (TPSA) is 66.6 Å². The summed E-state index contributed by atoms with van der Waals surface area (Å²) in [4.78, 5) is 29.3. The van der Waals surface area contributed by atoms with E-state index in [1.54, 1.807) is 0 Å². The number of hydrogen-bond acceptors (Lipinski definition) is 3. The molecule has 2 fully saturated rings. The Morgan fingerprint density at radius 3 is 2.50 bits per heavy atom. The van der Waals surface area contributed by atoms with Crippen molar-refractivity contribution in [3.63, 3.8) is 0 Å². The second kappa shape index (κ2) is 7.53. The van der Waals surface area contributed by atoms with Crippen molar-refractivity contribution in [3.8, 4) is 0 Å². The third-order valence-corrected chi connectivity index (χ3v) is 5.03. The lowest BCUT2D eigenvalue weighted by molar-refractivity contribution is -0.142. The summed E-state index contributed by atoms with van der Waals surface area (Å²) in [5.74, 6) is 0.165. The van der Waals surface area contributed by atoms with Gasteiger partial charge < -0.3 is 15.5 Å². The summed E-state index contributed by atoms with van der Waals surface area (Å²) in [6.45, 7) is 4.58. The number of rotatable bonds is 2. The van der Waals surface area contributed by atoms with Crippen molar-refractivity contribution in [3.05, 3.63) is 35.9 Å². The molecule has 6 heteroatoms. The first-order valence-electron chi connectivity index (χ1n) is 8.39. The van der Waals surface area contributed by atoms with Gasteiger partial charge >= 0.3 is 0 Å². The molecule has 0 spiro atoms. The SMILES string of the molecule is CC1(C(=O)N2CC[C@@H](N)C2)CCCN(C(=O)c2ccccc2)C1.Cl. The number of halogens is 1. The third kappa shape index (κ3) is 3.73. The maximum Gasteiger partial charge on any atom is 0.253 e. The van der Waals surface area contributed by atoms with Crippen LogP contribution in [0.3, 0.4) is 0 Å². The summed E-state index contributed by atoms with van der Waals surface area (Å²) < 4.78 is 0. The lowest BCUT2D eigenvalue weighted by Crippen LogP contribution is -2.52. The molecule has 2 atom stereocenters. The van der Waals surface area contributed by atoms with Crippen LogP contribution in [-0.2, 0) is 4.79 Å². The molecule has 2 N–H and O–H groups in total. The van der Waals surface area contributed by atoms with Crippen molar-refractivity contribution < 1.29 is 9.59 Å². The van der Waals surface area contributed by atoms with Crippen LogP contribution in [0.5, 0.6) is 0 Å². The van der Waals surface area contributed by atoms with E-state index in [0.717, 1.165) is 32.4 Å². The molecule has 1 aromatic rings. The second-order valence-corrected chi connectivity index (χ2v) is 7.06. The molecule has 0 saturated carbocycles. The van der Waals surface area contributed by atoms with Crippen LogP contribution >= 0.6 is 12.4 Å². The molecule has 2 heterocycles. The molecular formula is C18H26ClN3O2. The van der Waals surface area contributed by atoms with Gasteiger partial charge in [0.2, 0.25) is 5.91 Å². The highest BCUT2D eigenvalue weighted by Crippen LogP contribution is 2.33. The Bertz CT molecular complexity index is 595. The average Bonchev–Trinajstić information content (AvgIpc) is 3.00. The zero-order valence-electron chi connectivity index (χ0n) is 14.1. The highest BCUT2D eigenvalue weighted by atomic mass is 35.5. The van der Waals surface area contributed by atoms with Gasteiger partial charge in [0.25, 0.3) is 5.91 Å². The van der Waals surface area contributed by atoms with Gasteiger partial charge in [-0.3, -0.25) is 9.59 Å². The Hall–Kier alpha value is -1.59. The van der Waals surface area contributed by atoms with Crippen LogP contribution in [0.4, 0.5) is 0 Å². The summed E-state index contributed by atoms with van der Waals surface area (Å²) in [7, 11) is 0. The molecule has 5 nitrogen and oxygen atoms in total. The first-order valence-corrected chi connectivity index (χ1v) is 8.39. The smallest absolute Gasteiger partial charge is 0.253 e. The quantitative estimate of drug-likeness (QED) is 0.885. The second-order valence-electron chi connectivity index (χ2n) is 7.06. The molecule has 24 heavy (non-hydrogen) atoms. The summed E-state index contributed by atoms with van der Waals surface area (Å²) in [5, 5.41) is 0. The highest BCUT2D eigenvalue weighted by molar-refractivity contribution is 5.95. The van der Waals surface area contributed by atoms with Gasteiger partial charge in [-0.2, -0.15) is 0 Å². The normalized spacial score (nSPS) is 26.8. The summed E-state index contributed by atoms with van der Waals surface area (Å²) in [5.41, 5.74) is 6.12. The zero-order chi connectivity index (χ0) is 16.4. The van der Waals surface area contributed by atoms with E-state index in [9.17, 15) is 9.59 Å². The molecule has 2 aliphatic heterocycles. The van der Waals surface area contributed by atoms with Crippen LogP contribution in [0.15, 0.2) is 30.3 Å². The van der Waals surface area contributed by atoms with E-state index >= 15 is 0 Å². The maximum absolute atomic E-state index is 12.9. The van der Waals surface area contributed by atoms with E-state index in [-0.39, 0.29) is 30.3 Å². The molecule has 3 rings (SSSR count). The van der Waals surface area contributed by atoms with Crippen LogP contribution in [-0.4, -0.2) is 53.8 Å². The Labute approximate surface area is 149 Å². The van der Waals surface area contributed by atoms with Gasteiger partial charge in [-0.05, 0) is 38.3 Å². The van der Waals surface area contributed by atoms with Crippen molar-refractivity contribution >= 4 is 24.2 Å². The van der Waals surface area contributed by atoms with Crippen LogP contribution < -0.4 is 5.73 Å². The number of likely N-dealkylation sites (tertiary alicyclic amines) is 2. The van der Waals surface area contributed by atoms with Gasteiger partial charge in [0, 0.05) is 37.8 Å². The van der Waals surface area contributed by atoms with Crippen LogP contribution in [0.25, 0.3) is 0 Å². The Balaban J connectivity index is 0.00000208. The van der Waals surface area contributed by atoms with Crippen LogP contribution in [0, 0.1) is 5.41 Å². The number of piperidine rings is 1. The number of carbonyl (C=O) groups excluding carboxylic acids is 2. The number of benzene rings is 1. The van der Waals surface area contributed by atoms with Gasteiger partial charge in [-0.25, -0.2) is 0 Å². The molecule has 0 aliphatic carbocycles. The summed E-state index contributed by atoms with van der Waals surface area (Å²) >= 11 is 0. The van der Waals surface area contributed by atoms with Gasteiger partial charge in [0.15, 0.2) is 0 Å². The first kappa shape index (κ1) is 18.7. The van der Waals surface area contributed by atoms with Crippen molar-refractivity contribution in [1.29, 1.82) is 0 Å². The first-order chi connectivity index (χ1) is 11.0. The van der Waals surface area contributed by atoms with E-state index in [1.807, 2.05) is 47.1 Å². The fourth-order valence-electron chi connectivity index (χ4n) is 3.70. The van der Waals surface area contributed by atoms with E-state index in [2.05, 4.69) is 0 Å². The molecule has 1 unspecified atom stereocenters. The summed E-state index contributed by atoms with van der Waals surface area (Å²) in [6.07, 6.45) is 2.56. The minimum absolute atomic E-state index is 0. The van der Waals surface area contributed by atoms with Crippen molar-refractivity contribution in [2.45, 2.75) is 32.2 Å². The van der Waals surface area contributed by atoms with Crippen molar-refractivity contribution in [2.75, 3.05) is 26.2 Å². The highest BCUT2D eigenvalue weighted by Gasteiger charge is 2.42. The molecule has 0 radical (unpaired) electrons. The third-order valence-electron chi connectivity index (χ3n) is 5.03. The number of nitrogens with two attached hydrogens (primary N) is 1. The molecule has 0 aromatic heterocycles. The molecule has 2 amide bonds. The van der Waals surface area contributed by atoms with Crippen LogP contribution in [0.1, 0.15) is 36.5 Å². The van der Waals surface area contributed by atoms with E-state index in [4.69, 9.17) is 5.73 Å². The molecule has 2 aliphatic rings. The Morgan fingerprint density at radius 1 is 1.17 bits per heavy atom. The average molecular weight is 352 g/mol. The number of amides is 2. The number of hydrogen-bond donors (Lipinski definition) is 1. The Morgan fingerprint density at radius 2 is 1.88 bits per heavy atom. The largest absolute Gasteiger partial charge is 0.341 e. The van der Waals surface area contributed by atoms with Gasteiger partial charge in [0.1, 0.15) is 0 Å². The minimum Gasteiger partial charge on any atom is -0.341 e. The minimum atomic E-state index is -0.493. The predicted octanol–water partition coefficient (Wildman–Crippen LogP) is 1.91. The number of nitrogens with zero attached hydrogens (tertiary/aromatic N) is 2. The molecular weight excluding hydrogens is 326 g/mol. The lowest BCUT2D eigenvalue weighted by Gasteiger charge is -2.41. The van der Waals surface area contributed by atoms with E-state index in [0.29, 0.717) is 18.7 Å². The maximum atomic E-state index is 12.9. The zero-order valence-corrected chi connectivity index (χ0v) is 14.9. The molecule has 0 bridgehead atoms.